The summed E-state index contributed by atoms with van der Waals surface area (Å²) in [7, 11) is 0. The van der Waals surface area contributed by atoms with Crippen molar-refractivity contribution in [3.63, 3.8) is 0 Å². The normalized spacial score (nSPS) is 14.8. The SMILES string of the molecule is CC1(C)CC(=O)c2c([nH]c(-c3cc[n+](CCCO)cc3)c2Cc2ccccc2)C1.[I-]. The van der Waals surface area contributed by atoms with Gasteiger partial charge in [0.1, 0.15) is 0 Å². The second-order valence-corrected chi connectivity index (χ2v) is 8.84. The summed E-state index contributed by atoms with van der Waals surface area (Å²) in [5.74, 6) is 0.249. The van der Waals surface area contributed by atoms with Gasteiger partial charge in [-0.1, -0.05) is 44.2 Å². The molecule has 0 bridgehead atoms. The van der Waals surface area contributed by atoms with Crippen LogP contribution in [-0.4, -0.2) is 22.5 Å². The predicted octanol–water partition coefficient (Wildman–Crippen LogP) is 1.10. The maximum atomic E-state index is 13.1. The maximum Gasteiger partial charge on any atom is 0.169 e. The number of carbonyl (C=O) groups is 1. The number of nitrogens with zero attached hydrogens (tertiary/aromatic N) is 1. The number of hydrogen-bond acceptors (Lipinski definition) is 2. The molecule has 2 heterocycles. The van der Waals surface area contributed by atoms with E-state index in [1.807, 2.05) is 30.6 Å². The van der Waals surface area contributed by atoms with Gasteiger partial charge >= 0.3 is 0 Å². The van der Waals surface area contributed by atoms with Gasteiger partial charge in [0, 0.05) is 54.8 Å². The molecule has 1 aromatic carbocycles. The molecule has 0 spiro atoms. The number of halogens is 1. The number of ketones is 1. The van der Waals surface area contributed by atoms with E-state index in [0.717, 1.165) is 53.9 Å². The van der Waals surface area contributed by atoms with Gasteiger partial charge in [-0.2, -0.15) is 0 Å². The van der Waals surface area contributed by atoms with Crippen LogP contribution >= 0.6 is 0 Å². The van der Waals surface area contributed by atoms with Crippen LogP contribution < -0.4 is 28.5 Å². The van der Waals surface area contributed by atoms with Crippen LogP contribution in [0, 0.1) is 5.41 Å². The van der Waals surface area contributed by atoms with Crippen LogP contribution in [0.5, 0.6) is 0 Å². The monoisotopic (exact) mass is 516 g/mol. The molecular weight excluding hydrogens is 487 g/mol. The van der Waals surface area contributed by atoms with E-state index in [0.29, 0.717) is 6.42 Å². The predicted molar refractivity (Wildman–Crippen MR) is 114 cm³/mol. The van der Waals surface area contributed by atoms with Crippen molar-refractivity contribution in [1.29, 1.82) is 0 Å². The molecule has 2 aromatic heterocycles. The number of carbonyl (C=O) groups excluding carboxylic acids is 1. The Kier molecular flexibility index (Phi) is 7.14. The van der Waals surface area contributed by atoms with Gasteiger partial charge in [-0.3, -0.25) is 4.79 Å². The van der Waals surface area contributed by atoms with Crippen LogP contribution in [0.25, 0.3) is 11.3 Å². The minimum Gasteiger partial charge on any atom is -1.00 e. The maximum absolute atomic E-state index is 13.1. The number of Topliss-reactive ketones (excluding diaryl/α,β-unsaturated/α-hetero) is 1. The minimum atomic E-state index is -0.0137. The van der Waals surface area contributed by atoms with Crippen molar-refractivity contribution in [2.24, 2.45) is 5.41 Å². The van der Waals surface area contributed by atoms with Crippen LogP contribution in [0.4, 0.5) is 0 Å². The first-order valence-corrected chi connectivity index (χ1v) is 10.4. The summed E-state index contributed by atoms with van der Waals surface area (Å²) in [6.07, 6.45) is 7.05. The lowest BCUT2D eigenvalue weighted by molar-refractivity contribution is -0.697. The lowest BCUT2D eigenvalue weighted by atomic mass is 9.75. The molecule has 0 saturated carbocycles. The highest BCUT2D eigenvalue weighted by molar-refractivity contribution is 6.02. The average molecular weight is 516 g/mol. The van der Waals surface area contributed by atoms with E-state index in [-0.39, 0.29) is 41.8 Å². The fourth-order valence-electron chi connectivity index (χ4n) is 4.38. The zero-order valence-corrected chi connectivity index (χ0v) is 19.8. The fraction of sp³-hybridized carbons (Fsp3) is 0.360. The third-order valence-electron chi connectivity index (χ3n) is 5.73. The van der Waals surface area contributed by atoms with Crippen LogP contribution in [0.2, 0.25) is 0 Å². The number of aliphatic hydroxyl groups excluding tert-OH is 1. The number of pyridine rings is 1. The molecule has 0 saturated heterocycles. The topological polar surface area (TPSA) is 57.0 Å². The summed E-state index contributed by atoms with van der Waals surface area (Å²) in [5.41, 5.74) is 6.43. The van der Waals surface area contributed by atoms with Crippen molar-refractivity contribution in [2.45, 2.75) is 46.1 Å². The number of aromatic amines is 1. The summed E-state index contributed by atoms with van der Waals surface area (Å²) in [6, 6.07) is 14.5. The number of aromatic nitrogens is 2. The van der Waals surface area contributed by atoms with Crippen molar-refractivity contribution in [3.8, 4) is 11.3 Å². The molecule has 0 amide bonds. The molecule has 0 radical (unpaired) electrons. The lowest BCUT2D eigenvalue weighted by Gasteiger charge is -2.28. The van der Waals surface area contributed by atoms with Crippen molar-refractivity contribution in [1.82, 2.24) is 4.98 Å². The number of fused-ring (bicyclic) bond motifs is 1. The van der Waals surface area contributed by atoms with Gasteiger partial charge in [-0.15, -0.1) is 0 Å². The van der Waals surface area contributed by atoms with Gasteiger partial charge in [-0.25, -0.2) is 4.57 Å². The van der Waals surface area contributed by atoms with E-state index in [9.17, 15) is 4.79 Å². The molecule has 0 fully saturated rings. The van der Waals surface area contributed by atoms with E-state index >= 15 is 0 Å². The highest BCUT2D eigenvalue weighted by Crippen LogP contribution is 2.40. The molecule has 2 N–H and O–H groups in total. The van der Waals surface area contributed by atoms with E-state index in [2.05, 4.69) is 47.7 Å². The van der Waals surface area contributed by atoms with Gasteiger partial charge < -0.3 is 34.1 Å². The fourth-order valence-corrected chi connectivity index (χ4v) is 4.38. The Hall–Kier alpha value is -1.99. The Morgan fingerprint density at radius 1 is 1.07 bits per heavy atom. The van der Waals surface area contributed by atoms with E-state index in [4.69, 9.17) is 5.11 Å². The smallest absolute Gasteiger partial charge is 0.169 e. The van der Waals surface area contributed by atoms with Gasteiger partial charge in [0.25, 0.3) is 0 Å². The Bertz CT molecular complexity index is 1010. The number of aryl methyl sites for hydroxylation is 1. The summed E-state index contributed by atoms with van der Waals surface area (Å²) in [4.78, 5) is 16.7. The number of benzene rings is 1. The van der Waals surface area contributed by atoms with Crippen molar-refractivity contribution in [3.05, 3.63) is 77.2 Å². The molecule has 3 aromatic rings. The first-order valence-electron chi connectivity index (χ1n) is 10.4. The number of nitrogens with one attached hydrogen (secondary N) is 1. The molecule has 30 heavy (non-hydrogen) atoms. The van der Waals surface area contributed by atoms with E-state index < -0.39 is 0 Å². The summed E-state index contributed by atoms with van der Waals surface area (Å²) < 4.78 is 2.08. The van der Waals surface area contributed by atoms with Crippen LogP contribution in [0.3, 0.4) is 0 Å². The van der Waals surface area contributed by atoms with Gasteiger partial charge in [0.15, 0.2) is 24.7 Å². The van der Waals surface area contributed by atoms with E-state index in [1.165, 1.54) is 5.56 Å². The van der Waals surface area contributed by atoms with Crippen molar-refractivity contribution < 1.29 is 38.4 Å². The minimum absolute atomic E-state index is 0. The van der Waals surface area contributed by atoms with Crippen LogP contribution in [-0.2, 0) is 19.4 Å². The van der Waals surface area contributed by atoms with Crippen molar-refractivity contribution in [2.75, 3.05) is 6.61 Å². The Labute approximate surface area is 195 Å². The van der Waals surface area contributed by atoms with Crippen molar-refractivity contribution >= 4 is 5.78 Å². The molecule has 1 aliphatic rings. The third-order valence-corrected chi connectivity index (χ3v) is 5.73. The molecule has 5 heteroatoms. The highest BCUT2D eigenvalue weighted by Gasteiger charge is 2.35. The summed E-state index contributed by atoms with van der Waals surface area (Å²) >= 11 is 0. The Morgan fingerprint density at radius 3 is 2.43 bits per heavy atom. The largest absolute Gasteiger partial charge is 1.00 e. The third kappa shape index (κ3) is 4.83. The second-order valence-electron chi connectivity index (χ2n) is 8.84. The highest BCUT2D eigenvalue weighted by atomic mass is 127. The molecule has 0 atom stereocenters. The number of rotatable bonds is 6. The second kappa shape index (κ2) is 9.43. The van der Waals surface area contributed by atoms with E-state index in [1.54, 1.807) is 0 Å². The number of hydrogen-bond donors (Lipinski definition) is 2. The average Bonchev–Trinajstić information content (AvgIpc) is 3.04. The molecular formula is C25H29IN2O2. The molecule has 158 valence electrons. The zero-order valence-electron chi connectivity index (χ0n) is 17.6. The van der Waals surface area contributed by atoms with Crippen LogP contribution in [0.15, 0.2) is 54.9 Å². The number of aliphatic hydroxyl groups is 1. The molecule has 0 aliphatic heterocycles. The molecule has 1 aliphatic carbocycles. The van der Waals surface area contributed by atoms with Gasteiger partial charge in [0.2, 0.25) is 0 Å². The lowest BCUT2D eigenvalue weighted by Crippen LogP contribution is -3.00. The quantitative estimate of drug-likeness (QED) is 0.381. The Balaban J connectivity index is 0.00000256. The molecule has 4 rings (SSSR count). The van der Waals surface area contributed by atoms with Crippen LogP contribution in [0.1, 0.15) is 53.9 Å². The first kappa shape index (κ1) is 22.7. The first-order chi connectivity index (χ1) is 14.0. The zero-order chi connectivity index (χ0) is 20.4. The standard InChI is InChI=1S/C25H28N2O2.HI/c1-25(2)16-21-23(22(29)17-25)20(15-18-7-4-3-5-8-18)24(26-21)19-9-12-27(13-10-19)11-6-14-28;/h3-5,7-10,12-13,28H,6,11,14-17H2,1-2H3;1H. The number of H-pyrrole nitrogens is 1. The summed E-state index contributed by atoms with van der Waals surface area (Å²) in [5, 5.41) is 9.05. The Morgan fingerprint density at radius 2 is 1.77 bits per heavy atom. The molecule has 0 unspecified atom stereocenters. The van der Waals surface area contributed by atoms with Gasteiger partial charge in [0.05, 0.1) is 5.69 Å². The molecule has 4 nitrogen and oxygen atoms in total. The summed E-state index contributed by atoms with van der Waals surface area (Å²) in [6.45, 7) is 5.31. The van der Waals surface area contributed by atoms with Gasteiger partial charge in [-0.05, 0) is 23.0 Å².